The normalized spacial score (nSPS) is 10.4. The van der Waals surface area contributed by atoms with Gasteiger partial charge < -0.3 is 0 Å². The number of benzene rings is 1. The van der Waals surface area contributed by atoms with E-state index in [1.54, 1.807) is 0 Å². The summed E-state index contributed by atoms with van der Waals surface area (Å²) in [6, 6.07) is 6.82. The summed E-state index contributed by atoms with van der Waals surface area (Å²) >= 11 is 0. The van der Waals surface area contributed by atoms with Crippen LogP contribution in [0.15, 0.2) is 24.3 Å². The van der Waals surface area contributed by atoms with Crippen molar-refractivity contribution < 1.29 is 4.39 Å². The Morgan fingerprint density at radius 1 is 1.10 bits per heavy atom. The molecule has 0 radical (unpaired) electrons. The maximum Gasteiger partial charge on any atom is 0.123 e. The Morgan fingerprint density at radius 3 is 2.00 bits per heavy atom. The smallest absolute Gasteiger partial charge is 0.123 e. The summed E-state index contributed by atoms with van der Waals surface area (Å²) in [5.74, 6) is -0.140. The van der Waals surface area contributed by atoms with Crippen LogP contribution in [0.1, 0.15) is 0 Å². The molecule has 0 aromatic heterocycles. The van der Waals surface area contributed by atoms with E-state index in [4.69, 9.17) is 0 Å². The molecule has 0 bridgehead atoms. The molecule has 1 aromatic carbocycles. The van der Waals surface area contributed by atoms with Crippen LogP contribution in [0.3, 0.4) is 0 Å². The van der Waals surface area contributed by atoms with Gasteiger partial charge in [-0.3, -0.25) is 0 Å². The van der Waals surface area contributed by atoms with E-state index in [0.29, 0.717) is 0 Å². The van der Waals surface area contributed by atoms with Crippen LogP contribution in [-0.4, -0.2) is 8.80 Å². The lowest BCUT2D eigenvalue weighted by Crippen LogP contribution is -2.21. The van der Waals surface area contributed by atoms with E-state index in [1.807, 2.05) is 12.1 Å². The van der Waals surface area contributed by atoms with Crippen LogP contribution in [0, 0.1) is 5.82 Å². The third-order valence-electron chi connectivity index (χ3n) is 1.54. The molecule has 0 saturated carbocycles. The van der Waals surface area contributed by atoms with E-state index in [9.17, 15) is 4.39 Å². The molecule has 54 valence electrons. The van der Waals surface area contributed by atoms with Crippen molar-refractivity contribution in [1.29, 1.82) is 0 Å². The first-order valence-electron chi connectivity index (χ1n) is 3.45. The van der Waals surface area contributed by atoms with Gasteiger partial charge in [0.2, 0.25) is 0 Å². The molecule has 0 spiro atoms. The zero-order valence-corrected chi connectivity index (χ0v) is 7.42. The van der Waals surface area contributed by atoms with Crippen LogP contribution in [0.25, 0.3) is 0 Å². The van der Waals surface area contributed by atoms with E-state index in [1.165, 1.54) is 17.3 Å². The topological polar surface area (TPSA) is 0 Å². The third kappa shape index (κ3) is 1.67. The van der Waals surface area contributed by atoms with Gasteiger partial charge in [-0.05, 0) is 12.1 Å². The van der Waals surface area contributed by atoms with Gasteiger partial charge in [0, 0.05) is 0 Å². The van der Waals surface area contributed by atoms with E-state index >= 15 is 0 Å². The largest absolute Gasteiger partial charge is 0.207 e. The number of hydrogen-bond acceptors (Lipinski definition) is 0. The minimum Gasteiger partial charge on any atom is -0.207 e. The summed E-state index contributed by atoms with van der Waals surface area (Å²) in [5.41, 5.74) is 0. The van der Waals surface area contributed by atoms with Crippen LogP contribution >= 0.6 is 0 Å². The summed E-state index contributed by atoms with van der Waals surface area (Å²) < 4.78 is 12.4. The van der Waals surface area contributed by atoms with Crippen molar-refractivity contribution in [3.8, 4) is 0 Å². The Hall–Kier alpha value is -0.633. The summed E-state index contributed by atoms with van der Waals surface area (Å²) in [4.78, 5) is 0. The van der Waals surface area contributed by atoms with Crippen LogP contribution in [0.2, 0.25) is 13.1 Å². The minimum atomic E-state index is -0.716. The number of rotatable bonds is 1. The van der Waals surface area contributed by atoms with Crippen molar-refractivity contribution in [3.05, 3.63) is 30.1 Å². The van der Waals surface area contributed by atoms with Crippen molar-refractivity contribution in [1.82, 2.24) is 0 Å². The lowest BCUT2D eigenvalue weighted by molar-refractivity contribution is 0.628. The first kappa shape index (κ1) is 7.47. The lowest BCUT2D eigenvalue weighted by Gasteiger charge is -2.01. The maximum atomic E-state index is 12.4. The van der Waals surface area contributed by atoms with Gasteiger partial charge in [-0.2, -0.15) is 0 Å². The summed E-state index contributed by atoms with van der Waals surface area (Å²) in [7, 11) is -0.716. The summed E-state index contributed by atoms with van der Waals surface area (Å²) in [5, 5.41) is 1.32. The number of hydrogen-bond donors (Lipinski definition) is 0. The predicted molar refractivity (Wildman–Crippen MR) is 44.9 cm³/mol. The van der Waals surface area contributed by atoms with Gasteiger partial charge >= 0.3 is 0 Å². The standard InChI is InChI=1S/C8H11FSi/c1-10(2)8-5-3-7(9)4-6-8/h3-6,10H,1-2H3. The van der Waals surface area contributed by atoms with Crippen LogP contribution in [0.5, 0.6) is 0 Å². The molecule has 0 unspecified atom stereocenters. The highest BCUT2D eigenvalue weighted by Crippen LogP contribution is 1.93. The highest BCUT2D eigenvalue weighted by Gasteiger charge is 1.98. The fraction of sp³-hybridized carbons (Fsp3) is 0.250. The molecule has 1 rings (SSSR count). The fourth-order valence-corrected chi connectivity index (χ4v) is 1.81. The second-order valence-electron chi connectivity index (χ2n) is 2.71. The Balaban J connectivity index is 2.89. The molecule has 0 aliphatic carbocycles. The van der Waals surface area contributed by atoms with E-state index in [0.717, 1.165) is 0 Å². The molecule has 1 aromatic rings. The first-order chi connectivity index (χ1) is 4.70. The molecule has 0 atom stereocenters. The molecule has 0 aliphatic rings. The molecule has 0 saturated heterocycles. The van der Waals surface area contributed by atoms with Crippen LogP contribution in [0.4, 0.5) is 4.39 Å². The minimum absolute atomic E-state index is 0.140. The molecule has 0 N–H and O–H groups in total. The van der Waals surface area contributed by atoms with Gasteiger partial charge in [-0.15, -0.1) is 0 Å². The zero-order chi connectivity index (χ0) is 7.56. The zero-order valence-electron chi connectivity index (χ0n) is 6.26. The Labute approximate surface area is 62.3 Å². The van der Waals surface area contributed by atoms with Crippen LogP contribution in [-0.2, 0) is 0 Å². The molecule has 2 heteroatoms. The summed E-state index contributed by atoms with van der Waals surface area (Å²) in [6.07, 6.45) is 0. The fourth-order valence-electron chi connectivity index (χ4n) is 0.848. The Kier molecular flexibility index (Phi) is 2.22. The molecule has 10 heavy (non-hydrogen) atoms. The molecular weight excluding hydrogens is 143 g/mol. The molecule has 0 aliphatic heterocycles. The highest BCUT2D eigenvalue weighted by molar-refractivity contribution is 6.70. The van der Waals surface area contributed by atoms with Gasteiger partial charge in [0.25, 0.3) is 0 Å². The van der Waals surface area contributed by atoms with Crippen molar-refractivity contribution in [2.24, 2.45) is 0 Å². The van der Waals surface area contributed by atoms with E-state index < -0.39 is 8.80 Å². The molecule has 0 amide bonds. The number of halogens is 1. The molecule has 0 heterocycles. The predicted octanol–water partition coefficient (Wildman–Crippen LogP) is 1.52. The summed E-state index contributed by atoms with van der Waals surface area (Å²) in [6.45, 7) is 4.46. The van der Waals surface area contributed by atoms with Gasteiger partial charge in [0.15, 0.2) is 0 Å². The van der Waals surface area contributed by atoms with Gasteiger partial charge in [0.05, 0.1) is 8.80 Å². The third-order valence-corrected chi connectivity index (χ3v) is 3.25. The van der Waals surface area contributed by atoms with Crippen molar-refractivity contribution >= 4 is 14.0 Å². The molecule has 0 nitrogen and oxygen atoms in total. The monoisotopic (exact) mass is 154 g/mol. The molecular formula is C8H11FSi. The van der Waals surface area contributed by atoms with Crippen molar-refractivity contribution in [2.75, 3.05) is 0 Å². The second kappa shape index (κ2) is 2.97. The van der Waals surface area contributed by atoms with Gasteiger partial charge in [-0.25, -0.2) is 4.39 Å². The van der Waals surface area contributed by atoms with Crippen molar-refractivity contribution in [2.45, 2.75) is 13.1 Å². The van der Waals surface area contributed by atoms with E-state index in [-0.39, 0.29) is 5.82 Å². The maximum absolute atomic E-state index is 12.4. The SMILES string of the molecule is C[SiH](C)c1ccc(F)cc1. The highest BCUT2D eigenvalue weighted by atomic mass is 28.3. The van der Waals surface area contributed by atoms with Crippen LogP contribution < -0.4 is 5.19 Å². The average Bonchev–Trinajstić information content (AvgIpc) is 1.88. The first-order valence-corrected chi connectivity index (χ1v) is 6.34. The molecule has 0 fully saturated rings. The second-order valence-corrected chi connectivity index (χ2v) is 5.68. The Bertz CT molecular complexity index is 203. The quantitative estimate of drug-likeness (QED) is 0.538. The average molecular weight is 154 g/mol. The Morgan fingerprint density at radius 2 is 1.60 bits per heavy atom. The lowest BCUT2D eigenvalue weighted by atomic mass is 10.3. The van der Waals surface area contributed by atoms with E-state index in [2.05, 4.69) is 13.1 Å². The van der Waals surface area contributed by atoms with Gasteiger partial charge in [0.1, 0.15) is 5.82 Å². The van der Waals surface area contributed by atoms with Gasteiger partial charge in [-0.1, -0.05) is 30.4 Å². The van der Waals surface area contributed by atoms with Crippen molar-refractivity contribution in [3.63, 3.8) is 0 Å².